The van der Waals surface area contributed by atoms with E-state index in [0.717, 1.165) is 11.3 Å². The third kappa shape index (κ3) is 3.94. The lowest BCUT2D eigenvalue weighted by molar-refractivity contribution is 0.0697. The molecule has 2 heterocycles. The normalized spacial score (nSPS) is 10.4. The molecule has 0 saturated carbocycles. The van der Waals surface area contributed by atoms with Crippen molar-refractivity contribution in [3.8, 4) is 17.1 Å². The van der Waals surface area contributed by atoms with Crippen LogP contribution in [-0.4, -0.2) is 40.2 Å². The number of methoxy groups -OCH3 is 1. The number of carboxylic acids is 1. The first-order chi connectivity index (χ1) is 12.6. The Hall–Kier alpha value is -3.48. The lowest BCUT2D eigenvalue weighted by Crippen LogP contribution is -2.19. The molecule has 0 aliphatic heterocycles. The Labute approximate surface area is 150 Å². The lowest BCUT2D eigenvalue weighted by Gasteiger charge is -2.17. The van der Waals surface area contributed by atoms with E-state index < -0.39 is 5.97 Å². The number of pyridine rings is 1. The molecule has 3 rings (SSSR count). The van der Waals surface area contributed by atoms with Crippen LogP contribution in [-0.2, 0) is 6.54 Å². The van der Waals surface area contributed by atoms with Gasteiger partial charge in [-0.3, -0.25) is 4.98 Å². The number of carbonyl (C=O) groups is 1. The number of rotatable bonds is 6. The van der Waals surface area contributed by atoms with Crippen molar-refractivity contribution in [2.24, 2.45) is 0 Å². The van der Waals surface area contributed by atoms with Gasteiger partial charge in [0.1, 0.15) is 5.75 Å². The molecule has 7 nitrogen and oxygen atoms in total. The summed E-state index contributed by atoms with van der Waals surface area (Å²) in [4.78, 5) is 26.1. The first kappa shape index (κ1) is 17.3. The highest BCUT2D eigenvalue weighted by Crippen LogP contribution is 2.19. The van der Waals surface area contributed by atoms with Gasteiger partial charge in [0.2, 0.25) is 5.95 Å². The molecule has 132 valence electrons. The molecule has 0 atom stereocenters. The molecule has 0 spiro atoms. The minimum Gasteiger partial charge on any atom is -0.497 e. The zero-order valence-corrected chi connectivity index (χ0v) is 14.5. The van der Waals surface area contributed by atoms with Gasteiger partial charge in [0.15, 0.2) is 0 Å². The molecule has 0 fully saturated rings. The van der Waals surface area contributed by atoms with Crippen molar-refractivity contribution in [1.29, 1.82) is 0 Å². The van der Waals surface area contributed by atoms with Crippen LogP contribution >= 0.6 is 0 Å². The van der Waals surface area contributed by atoms with Crippen LogP contribution in [0.2, 0.25) is 0 Å². The van der Waals surface area contributed by atoms with Gasteiger partial charge in [-0.1, -0.05) is 12.1 Å². The summed E-state index contributed by atoms with van der Waals surface area (Å²) in [7, 11) is 3.53. The summed E-state index contributed by atoms with van der Waals surface area (Å²) in [5.41, 5.74) is 2.32. The Balaban J connectivity index is 1.81. The van der Waals surface area contributed by atoms with Gasteiger partial charge >= 0.3 is 5.97 Å². The van der Waals surface area contributed by atoms with Crippen LogP contribution in [0, 0.1) is 0 Å². The van der Waals surface area contributed by atoms with Gasteiger partial charge in [0, 0.05) is 26.0 Å². The summed E-state index contributed by atoms with van der Waals surface area (Å²) < 4.78 is 5.16. The minimum atomic E-state index is -1.00. The average Bonchev–Trinajstić information content (AvgIpc) is 2.68. The maximum Gasteiger partial charge on any atom is 0.335 e. The fraction of sp³-hybridized carbons (Fsp3) is 0.158. The Morgan fingerprint density at radius 2 is 1.81 bits per heavy atom. The second-order valence-electron chi connectivity index (χ2n) is 5.68. The Bertz CT molecular complexity index is 913. The van der Waals surface area contributed by atoms with E-state index >= 15 is 0 Å². The average molecular weight is 350 g/mol. The van der Waals surface area contributed by atoms with E-state index in [2.05, 4.69) is 15.0 Å². The van der Waals surface area contributed by atoms with E-state index in [1.807, 2.05) is 36.2 Å². The number of carboxylic acid groups (broad SMARTS) is 1. The number of hydrogen-bond donors (Lipinski definition) is 1. The van der Waals surface area contributed by atoms with Gasteiger partial charge in [-0.25, -0.2) is 14.8 Å². The zero-order valence-electron chi connectivity index (χ0n) is 14.5. The van der Waals surface area contributed by atoms with Crippen molar-refractivity contribution in [3.63, 3.8) is 0 Å². The van der Waals surface area contributed by atoms with Crippen molar-refractivity contribution in [2.75, 3.05) is 19.1 Å². The van der Waals surface area contributed by atoms with Gasteiger partial charge in [-0.05, 0) is 35.9 Å². The predicted octanol–water partition coefficient (Wildman–Crippen LogP) is 2.88. The summed E-state index contributed by atoms with van der Waals surface area (Å²) in [5.74, 6) is 0.333. The second kappa shape index (κ2) is 7.60. The number of nitrogens with zero attached hydrogens (tertiary/aromatic N) is 4. The molecule has 1 aromatic carbocycles. The van der Waals surface area contributed by atoms with E-state index in [1.54, 1.807) is 19.4 Å². The molecule has 7 heteroatoms. The third-order valence-electron chi connectivity index (χ3n) is 3.83. The molecular formula is C19H18N4O3. The Kier molecular flexibility index (Phi) is 5.07. The second-order valence-corrected chi connectivity index (χ2v) is 5.68. The van der Waals surface area contributed by atoms with Gasteiger partial charge < -0.3 is 14.7 Å². The maximum absolute atomic E-state index is 11.1. The van der Waals surface area contributed by atoms with Crippen LogP contribution < -0.4 is 9.64 Å². The van der Waals surface area contributed by atoms with Gasteiger partial charge in [-0.15, -0.1) is 0 Å². The van der Waals surface area contributed by atoms with Gasteiger partial charge in [-0.2, -0.15) is 0 Å². The van der Waals surface area contributed by atoms with Crippen LogP contribution in [0.3, 0.4) is 0 Å². The van der Waals surface area contributed by atoms with E-state index in [1.165, 1.54) is 18.3 Å². The first-order valence-corrected chi connectivity index (χ1v) is 7.93. The summed E-state index contributed by atoms with van der Waals surface area (Å²) in [6.07, 6.45) is 3.10. The molecule has 3 aromatic rings. The molecule has 0 unspecified atom stereocenters. The van der Waals surface area contributed by atoms with Crippen molar-refractivity contribution in [3.05, 3.63) is 66.0 Å². The maximum atomic E-state index is 11.1. The van der Waals surface area contributed by atoms with Crippen molar-refractivity contribution in [2.45, 2.75) is 6.54 Å². The smallest absolute Gasteiger partial charge is 0.335 e. The van der Waals surface area contributed by atoms with Gasteiger partial charge in [0.05, 0.1) is 24.1 Å². The molecular weight excluding hydrogens is 332 g/mol. The Morgan fingerprint density at radius 1 is 1.08 bits per heavy atom. The highest BCUT2D eigenvalue weighted by molar-refractivity contribution is 5.88. The number of benzene rings is 1. The Morgan fingerprint density at radius 3 is 2.50 bits per heavy atom. The minimum absolute atomic E-state index is 0.168. The molecule has 0 aliphatic carbocycles. The molecule has 2 aromatic heterocycles. The molecule has 1 N–H and O–H groups in total. The third-order valence-corrected chi connectivity index (χ3v) is 3.83. The van der Waals surface area contributed by atoms with E-state index in [0.29, 0.717) is 23.9 Å². The van der Waals surface area contributed by atoms with Crippen LogP contribution in [0.15, 0.2) is 54.9 Å². The summed E-state index contributed by atoms with van der Waals surface area (Å²) in [6.45, 7) is 0.621. The van der Waals surface area contributed by atoms with Gasteiger partial charge in [0.25, 0.3) is 0 Å². The SMILES string of the molecule is COc1ccc(CN(C)c2nccc(-c3cc(C(=O)O)ccn3)n2)cc1. The molecule has 0 radical (unpaired) electrons. The first-order valence-electron chi connectivity index (χ1n) is 7.93. The predicted molar refractivity (Wildman–Crippen MR) is 97.3 cm³/mol. The molecule has 0 amide bonds. The van der Waals surface area contributed by atoms with Crippen molar-refractivity contribution < 1.29 is 14.6 Å². The number of hydrogen-bond acceptors (Lipinski definition) is 6. The molecule has 26 heavy (non-hydrogen) atoms. The topological polar surface area (TPSA) is 88.4 Å². The number of ether oxygens (including phenoxy) is 1. The summed E-state index contributed by atoms with van der Waals surface area (Å²) in [5, 5.41) is 9.12. The highest BCUT2D eigenvalue weighted by Gasteiger charge is 2.10. The van der Waals surface area contributed by atoms with E-state index in [4.69, 9.17) is 9.84 Å². The lowest BCUT2D eigenvalue weighted by atomic mass is 10.2. The monoisotopic (exact) mass is 350 g/mol. The molecule has 0 saturated heterocycles. The standard InChI is InChI=1S/C19H18N4O3/c1-23(12-13-3-5-15(26-2)6-4-13)19-21-10-8-16(22-19)17-11-14(18(24)25)7-9-20-17/h3-11H,12H2,1-2H3,(H,24,25). The number of aromatic carboxylic acids is 1. The van der Waals surface area contributed by atoms with E-state index in [9.17, 15) is 4.79 Å². The summed E-state index contributed by atoms with van der Waals surface area (Å²) in [6, 6.07) is 12.4. The van der Waals surface area contributed by atoms with Crippen LogP contribution in [0.1, 0.15) is 15.9 Å². The summed E-state index contributed by atoms with van der Waals surface area (Å²) >= 11 is 0. The van der Waals surface area contributed by atoms with Crippen LogP contribution in [0.5, 0.6) is 5.75 Å². The van der Waals surface area contributed by atoms with Crippen molar-refractivity contribution in [1.82, 2.24) is 15.0 Å². The van der Waals surface area contributed by atoms with Crippen LogP contribution in [0.25, 0.3) is 11.4 Å². The highest BCUT2D eigenvalue weighted by atomic mass is 16.5. The fourth-order valence-corrected chi connectivity index (χ4v) is 2.45. The zero-order chi connectivity index (χ0) is 18.5. The molecule has 0 aliphatic rings. The largest absolute Gasteiger partial charge is 0.497 e. The van der Waals surface area contributed by atoms with Crippen molar-refractivity contribution >= 4 is 11.9 Å². The molecule has 0 bridgehead atoms. The number of aromatic nitrogens is 3. The quantitative estimate of drug-likeness (QED) is 0.731. The number of anilines is 1. The van der Waals surface area contributed by atoms with E-state index in [-0.39, 0.29) is 5.56 Å². The fourth-order valence-electron chi connectivity index (χ4n) is 2.45. The van der Waals surface area contributed by atoms with Crippen LogP contribution in [0.4, 0.5) is 5.95 Å².